The molecule has 1 fully saturated rings. The van der Waals surface area contributed by atoms with Crippen molar-refractivity contribution >= 4 is 23.2 Å². The van der Waals surface area contributed by atoms with Crippen molar-refractivity contribution in [3.05, 3.63) is 28.8 Å². The molecule has 0 radical (unpaired) electrons. The van der Waals surface area contributed by atoms with Crippen LogP contribution in [-0.2, 0) is 4.79 Å². The van der Waals surface area contributed by atoms with E-state index in [2.05, 4.69) is 12.2 Å². The molecule has 2 rings (SSSR count). The van der Waals surface area contributed by atoms with Crippen molar-refractivity contribution in [2.45, 2.75) is 32.2 Å². The van der Waals surface area contributed by atoms with Crippen LogP contribution < -0.4 is 10.2 Å². The number of nitrogens with one attached hydrogen (secondary N) is 1. The summed E-state index contributed by atoms with van der Waals surface area (Å²) in [5, 5.41) is 12.6. The van der Waals surface area contributed by atoms with Gasteiger partial charge in [0.15, 0.2) is 0 Å². The van der Waals surface area contributed by atoms with E-state index in [1.54, 1.807) is 23.1 Å². The summed E-state index contributed by atoms with van der Waals surface area (Å²) in [7, 11) is 0. The van der Waals surface area contributed by atoms with E-state index in [0.717, 1.165) is 31.5 Å². The lowest BCUT2D eigenvalue weighted by molar-refractivity contribution is -0.121. The highest BCUT2D eigenvalue weighted by Crippen LogP contribution is 2.26. The van der Waals surface area contributed by atoms with Crippen molar-refractivity contribution < 1.29 is 4.79 Å². The van der Waals surface area contributed by atoms with E-state index >= 15 is 0 Å². The molecule has 5 heteroatoms. The van der Waals surface area contributed by atoms with Crippen molar-refractivity contribution in [3.8, 4) is 6.07 Å². The number of nitrogens with zero attached hydrogens (tertiary/aromatic N) is 2. The van der Waals surface area contributed by atoms with Crippen LogP contribution in [-0.4, -0.2) is 25.0 Å². The molecule has 1 amide bonds. The van der Waals surface area contributed by atoms with Crippen LogP contribution in [0.25, 0.3) is 0 Å². The first kappa shape index (κ1) is 14.8. The first-order valence-corrected chi connectivity index (χ1v) is 7.29. The number of anilines is 1. The van der Waals surface area contributed by atoms with E-state index < -0.39 is 0 Å². The number of halogens is 1. The molecule has 0 saturated carbocycles. The Morgan fingerprint density at radius 2 is 2.35 bits per heavy atom. The monoisotopic (exact) mass is 291 g/mol. The molecule has 0 spiro atoms. The molecule has 0 aromatic heterocycles. The SMILES string of the molecule is CCCNC1CCCN(c2ccc(C#N)c(Cl)c2)C1=O. The van der Waals surface area contributed by atoms with E-state index in [0.29, 0.717) is 17.1 Å². The number of carbonyl (C=O) groups is 1. The van der Waals surface area contributed by atoms with Gasteiger partial charge in [0.2, 0.25) is 5.91 Å². The maximum Gasteiger partial charge on any atom is 0.244 e. The maximum absolute atomic E-state index is 12.5. The first-order valence-electron chi connectivity index (χ1n) is 6.91. The predicted octanol–water partition coefficient (Wildman–Crippen LogP) is 2.71. The first-order chi connectivity index (χ1) is 9.67. The van der Waals surface area contributed by atoms with Crippen molar-refractivity contribution in [2.24, 2.45) is 0 Å². The number of amides is 1. The van der Waals surface area contributed by atoms with E-state index in [9.17, 15) is 4.79 Å². The predicted molar refractivity (Wildman–Crippen MR) is 79.8 cm³/mol. The zero-order valence-corrected chi connectivity index (χ0v) is 12.3. The van der Waals surface area contributed by atoms with Gasteiger partial charge in [0.05, 0.1) is 16.6 Å². The van der Waals surface area contributed by atoms with Crippen LogP contribution in [0.2, 0.25) is 5.02 Å². The van der Waals surface area contributed by atoms with Gasteiger partial charge >= 0.3 is 0 Å². The van der Waals surface area contributed by atoms with Gasteiger partial charge in [0, 0.05) is 12.2 Å². The van der Waals surface area contributed by atoms with Crippen molar-refractivity contribution in [2.75, 3.05) is 18.0 Å². The van der Waals surface area contributed by atoms with Crippen LogP contribution in [0.1, 0.15) is 31.7 Å². The number of piperidine rings is 1. The highest BCUT2D eigenvalue weighted by atomic mass is 35.5. The Labute approximate surface area is 124 Å². The minimum atomic E-state index is -0.113. The molecule has 1 unspecified atom stereocenters. The molecular formula is C15H18ClN3O. The Morgan fingerprint density at radius 1 is 1.55 bits per heavy atom. The van der Waals surface area contributed by atoms with E-state index in [1.807, 2.05) is 6.07 Å². The molecule has 1 N–H and O–H groups in total. The summed E-state index contributed by atoms with van der Waals surface area (Å²) in [5.41, 5.74) is 1.20. The lowest BCUT2D eigenvalue weighted by Crippen LogP contribution is -2.51. The fourth-order valence-electron chi connectivity index (χ4n) is 2.40. The average Bonchev–Trinajstić information content (AvgIpc) is 2.46. The molecule has 106 valence electrons. The standard InChI is InChI=1S/C15H18ClN3O/c1-2-7-18-14-4-3-8-19(15(14)20)12-6-5-11(10-17)13(16)9-12/h5-6,9,14,18H,2-4,7-8H2,1H3. The Kier molecular flexibility index (Phi) is 4.99. The second kappa shape index (κ2) is 6.74. The Balaban J connectivity index is 2.17. The van der Waals surface area contributed by atoms with Gasteiger partial charge < -0.3 is 10.2 Å². The van der Waals surface area contributed by atoms with E-state index in [-0.39, 0.29) is 11.9 Å². The van der Waals surface area contributed by atoms with Crippen LogP contribution in [0, 0.1) is 11.3 Å². The van der Waals surface area contributed by atoms with Crippen molar-refractivity contribution in [1.29, 1.82) is 5.26 Å². The van der Waals surface area contributed by atoms with Crippen LogP contribution in [0.15, 0.2) is 18.2 Å². The molecule has 1 saturated heterocycles. The fraction of sp³-hybridized carbons (Fsp3) is 0.467. The summed E-state index contributed by atoms with van der Waals surface area (Å²) in [6.45, 7) is 3.63. The lowest BCUT2D eigenvalue weighted by Gasteiger charge is -2.33. The van der Waals surface area contributed by atoms with Crippen LogP contribution in [0.5, 0.6) is 0 Å². The topological polar surface area (TPSA) is 56.1 Å². The Morgan fingerprint density at radius 3 is 3.00 bits per heavy atom. The molecule has 0 aliphatic carbocycles. The number of hydrogen-bond acceptors (Lipinski definition) is 3. The minimum Gasteiger partial charge on any atom is -0.311 e. The average molecular weight is 292 g/mol. The molecular weight excluding hydrogens is 274 g/mol. The van der Waals surface area contributed by atoms with Crippen molar-refractivity contribution in [3.63, 3.8) is 0 Å². The van der Waals surface area contributed by atoms with E-state index in [1.165, 1.54) is 0 Å². The molecule has 20 heavy (non-hydrogen) atoms. The third kappa shape index (κ3) is 3.12. The molecule has 1 aromatic carbocycles. The second-order valence-corrected chi connectivity index (χ2v) is 5.32. The Bertz CT molecular complexity index is 538. The lowest BCUT2D eigenvalue weighted by atomic mass is 10.0. The molecule has 1 aliphatic rings. The number of hydrogen-bond donors (Lipinski definition) is 1. The summed E-state index contributed by atoms with van der Waals surface area (Å²) in [6, 6.07) is 7.05. The van der Waals surface area contributed by atoms with Gasteiger partial charge in [0.1, 0.15) is 6.07 Å². The third-order valence-electron chi connectivity index (χ3n) is 3.46. The van der Waals surface area contributed by atoms with Gasteiger partial charge in [-0.05, 0) is 44.0 Å². The maximum atomic E-state index is 12.5. The molecule has 1 aliphatic heterocycles. The highest BCUT2D eigenvalue weighted by Gasteiger charge is 2.29. The fourth-order valence-corrected chi connectivity index (χ4v) is 2.62. The van der Waals surface area contributed by atoms with Crippen molar-refractivity contribution in [1.82, 2.24) is 5.32 Å². The molecule has 4 nitrogen and oxygen atoms in total. The number of benzene rings is 1. The smallest absolute Gasteiger partial charge is 0.244 e. The summed E-state index contributed by atoms with van der Waals surface area (Å²) >= 11 is 6.04. The largest absolute Gasteiger partial charge is 0.311 e. The molecule has 1 aromatic rings. The van der Waals surface area contributed by atoms with Gasteiger partial charge in [-0.3, -0.25) is 4.79 Å². The number of rotatable bonds is 4. The van der Waals surface area contributed by atoms with E-state index in [4.69, 9.17) is 16.9 Å². The van der Waals surface area contributed by atoms with Crippen LogP contribution in [0.4, 0.5) is 5.69 Å². The van der Waals surface area contributed by atoms with Crippen LogP contribution >= 0.6 is 11.6 Å². The summed E-state index contributed by atoms with van der Waals surface area (Å²) < 4.78 is 0. The minimum absolute atomic E-state index is 0.0884. The van der Waals surface area contributed by atoms with Gasteiger partial charge in [0.25, 0.3) is 0 Å². The summed E-state index contributed by atoms with van der Waals surface area (Å²) in [4.78, 5) is 14.2. The molecule has 1 atom stereocenters. The number of nitriles is 1. The second-order valence-electron chi connectivity index (χ2n) is 4.91. The van der Waals surface area contributed by atoms with Gasteiger partial charge in [-0.2, -0.15) is 5.26 Å². The highest BCUT2D eigenvalue weighted by molar-refractivity contribution is 6.32. The van der Waals surface area contributed by atoms with Gasteiger partial charge in [-0.1, -0.05) is 18.5 Å². The van der Waals surface area contributed by atoms with Crippen LogP contribution in [0.3, 0.4) is 0 Å². The normalized spacial score (nSPS) is 18.9. The van der Waals surface area contributed by atoms with Gasteiger partial charge in [-0.25, -0.2) is 0 Å². The van der Waals surface area contributed by atoms with Gasteiger partial charge in [-0.15, -0.1) is 0 Å². The molecule has 1 heterocycles. The Hall–Kier alpha value is -1.57. The third-order valence-corrected chi connectivity index (χ3v) is 3.78. The quantitative estimate of drug-likeness (QED) is 0.928. The zero-order chi connectivity index (χ0) is 14.5. The zero-order valence-electron chi connectivity index (χ0n) is 11.5. The summed E-state index contributed by atoms with van der Waals surface area (Å²) in [6.07, 6.45) is 2.84. The number of carbonyl (C=O) groups excluding carboxylic acids is 1. The summed E-state index contributed by atoms with van der Waals surface area (Å²) in [5.74, 6) is 0.0884. The molecule has 0 bridgehead atoms.